The molecule has 79 heavy (non-hydrogen) atoms. The molecular formula is C73H46N2O4. The summed E-state index contributed by atoms with van der Waals surface area (Å²) < 4.78 is 26.7. The second-order valence-corrected chi connectivity index (χ2v) is 21.6. The van der Waals surface area contributed by atoms with Crippen molar-refractivity contribution in [2.75, 3.05) is 9.80 Å². The average molecular weight is 1020 g/mol. The van der Waals surface area contributed by atoms with E-state index < -0.39 is 0 Å². The predicted octanol–water partition coefficient (Wildman–Crippen LogP) is 21.4. The molecule has 6 heteroatoms. The molecule has 0 saturated heterocycles. The Hall–Kier alpha value is -10.3. The normalized spacial score (nSPS) is 13.0. The Morgan fingerprint density at radius 3 is 1.19 bits per heavy atom. The van der Waals surface area contributed by atoms with Crippen molar-refractivity contribution in [3.05, 3.63) is 254 Å². The lowest BCUT2D eigenvalue weighted by Crippen LogP contribution is -2.16. The largest absolute Gasteiger partial charge is 0.456 e. The number of nitrogens with zero attached hydrogens (tertiary/aromatic N) is 2. The van der Waals surface area contributed by atoms with E-state index in [9.17, 15) is 0 Å². The molecule has 372 valence electrons. The maximum absolute atomic E-state index is 6.90. The number of furan rings is 4. The SMILES string of the molecule is CC1(C)c2ccccc2-c2c(N(c3ccc4c(c3)oc3ccccc34)c3ccc4c(c3)oc3cc(-c5ccc6c(c5)oc5cc(N(c7ccc8c(c7)oc7ccccc78)c7cccc8ccccc78)ccc56)ccc34)cccc21. The molecule has 0 atom stereocenters. The van der Waals surface area contributed by atoms with Crippen molar-refractivity contribution in [2.45, 2.75) is 19.3 Å². The molecule has 0 saturated carbocycles. The van der Waals surface area contributed by atoms with Gasteiger partial charge in [-0.25, -0.2) is 0 Å². The molecule has 0 aliphatic heterocycles. The number of anilines is 6. The summed E-state index contributed by atoms with van der Waals surface area (Å²) >= 11 is 0. The maximum atomic E-state index is 6.90. The zero-order valence-corrected chi connectivity index (χ0v) is 43.1. The fourth-order valence-corrected chi connectivity index (χ4v) is 13.1. The van der Waals surface area contributed by atoms with Crippen molar-refractivity contribution < 1.29 is 17.7 Å². The van der Waals surface area contributed by atoms with Crippen LogP contribution in [0.4, 0.5) is 34.1 Å². The third-order valence-electron chi connectivity index (χ3n) is 16.8. The molecule has 6 nitrogen and oxygen atoms in total. The highest BCUT2D eigenvalue weighted by Gasteiger charge is 2.38. The maximum Gasteiger partial charge on any atom is 0.137 e. The highest BCUT2D eigenvalue weighted by atomic mass is 16.3. The molecule has 12 aromatic carbocycles. The minimum Gasteiger partial charge on any atom is -0.456 e. The molecule has 0 fully saturated rings. The Morgan fingerprint density at radius 2 is 0.646 bits per heavy atom. The molecule has 0 bridgehead atoms. The molecule has 1 aliphatic rings. The van der Waals surface area contributed by atoms with E-state index in [-0.39, 0.29) is 5.41 Å². The third kappa shape index (κ3) is 6.52. The summed E-state index contributed by atoms with van der Waals surface area (Å²) in [4.78, 5) is 4.68. The molecule has 1 aliphatic carbocycles. The fraction of sp³-hybridized carbons (Fsp3) is 0.0411. The van der Waals surface area contributed by atoms with Gasteiger partial charge in [0.2, 0.25) is 0 Å². The van der Waals surface area contributed by atoms with Crippen LogP contribution in [0.3, 0.4) is 0 Å². The molecular weight excluding hydrogens is 969 g/mol. The number of hydrogen-bond acceptors (Lipinski definition) is 6. The van der Waals surface area contributed by atoms with Crippen LogP contribution in [0.2, 0.25) is 0 Å². The Labute approximate surface area is 453 Å². The molecule has 16 aromatic rings. The quantitative estimate of drug-likeness (QED) is 0.159. The monoisotopic (exact) mass is 1010 g/mol. The summed E-state index contributed by atoms with van der Waals surface area (Å²) in [5.74, 6) is 0. The molecule has 0 unspecified atom stereocenters. The van der Waals surface area contributed by atoms with Gasteiger partial charge < -0.3 is 27.5 Å². The van der Waals surface area contributed by atoms with Crippen LogP contribution in [0.1, 0.15) is 25.0 Å². The third-order valence-corrected chi connectivity index (χ3v) is 16.8. The van der Waals surface area contributed by atoms with Crippen molar-refractivity contribution >= 4 is 133 Å². The van der Waals surface area contributed by atoms with Gasteiger partial charge in [0.25, 0.3) is 0 Å². The van der Waals surface area contributed by atoms with Gasteiger partial charge >= 0.3 is 0 Å². The van der Waals surface area contributed by atoms with Crippen LogP contribution >= 0.6 is 0 Å². The zero-order chi connectivity index (χ0) is 52.1. The summed E-state index contributed by atoms with van der Waals surface area (Å²) in [7, 11) is 0. The molecule has 17 rings (SSSR count). The molecule has 0 N–H and O–H groups in total. The summed E-state index contributed by atoms with van der Waals surface area (Å²) in [5.41, 5.74) is 19.9. The number of rotatable bonds is 7. The molecule has 0 spiro atoms. The standard InChI is InChI=1S/C73H46N2O4/c1-73(2)60-19-8-5-18-59(60)72-61(73)20-12-22-63(72)75(48-29-34-56-52-17-7-10-24-65(52)77-69(56)41-48)49-30-36-58-54-32-26-45(38-67(54)79-71(58)42-49)44-25-31-53-57-35-28-47(40-70(57)78-66(53)37-44)74(62-21-11-14-43-13-3-4-15-50(43)62)46-27-33-55-51-16-6-9-23-64(51)76-68(55)39-46/h3-42H,1-2H3. The van der Waals surface area contributed by atoms with Crippen LogP contribution in [-0.2, 0) is 5.41 Å². The van der Waals surface area contributed by atoms with Gasteiger partial charge in [0.15, 0.2) is 0 Å². The van der Waals surface area contributed by atoms with Gasteiger partial charge in [0.05, 0.1) is 11.4 Å². The van der Waals surface area contributed by atoms with Crippen LogP contribution in [0.25, 0.3) is 121 Å². The lowest BCUT2D eigenvalue weighted by atomic mass is 9.82. The molecule has 4 aromatic heterocycles. The average Bonchev–Trinajstić information content (AvgIpc) is 4.50. The first kappa shape index (κ1) is 43.9. The molecule has 0 amide bonds. The fourth-order valence-electron chi connectivity index (χ4n) is 13.1. The predicted molar refractivity (Wildman–Crippen MR) is 325 cm³/mol. The van der Waals surface area contributed by atoms with Crippen molar-refractivity contribution in [2.24, 2.45) is 0 Å². The van der Waals surface area contributed by atoms with Gasteiger partial charge in [0, 0.05) is 106 Å². The van der Waals surface area contributed by atoms with Crippen LogP contribution in [0, 0.1) is 0 Å². The van der Waals surface area contributed by atoms with E-state index in [1.165, 1.54) is 27.6 Å². The molecule has 4 heterocycles. The first-order chi connectivity index (χ1) is 38.9. The zero-order valence-electron chi connectivity index (χ0n) is 43.1. The second-order valence-electron chi connectivity index (χ2n) is 21.6. The minimum atomic E-state index is -0.163. The van der Waals surface area contributed by atoms with Gasteiger partial charge in [-0.2, -0.15) is 0 Å². The van der Waals surface area contributed by atoms with Gasteiger partial charge in [0.1, 0.15) is 44.7 Å². The smallest absolute Gasteiger partial charge is 0.137 e. The Bertz CT molecular complexity index is 5220. The number of hydrogen-bond donors (Lipinski definition) is 0. The summed E-state index contributed by atoms with van der Waals surface area (Å²) in [6, 6.07) is 86.4. The first-order valence-electron chi connectivity index (χ1n) is 27.0. The topological polar surface area (TPSA) is 59.0 Å². The summed E-state index contributed by atoms with van der Waals surface area (Å²) in [6.45, 7) is 4.66. The van der Waals surface area contributed by atoms with E-state index in [1.54, 1.807) is 0 Å². The van der Waals surface area contributed by atoms with Crippen LogP contribution in [0.15, 0.2) is 260 Å². The minimum absolute atomic E-state index is 0.163. The Morgan fingerprint density at radius 1 is 0.278 bits per heavy atom. The number of benzene rings is 12. The van der Waals surface area contributed by atoms with E-state index in [1.807, 2.05) is 24.3 Å². The van der Waals surface area contributed by atoms with Gasteiger partial charge in [-0.15, -0.1) is 0 Å². The number of fused-ring (bicyclic) bond motifs is 16. The van der Waals surface area contributed by atoms with Gasteiger partial charge in [-0.1, -0.05) is 135 Å². The first-order valence-corrected chi connectivity index (χ1v) is 27.0. The molecule has 0 radical (unpaired) electrons. The van der Waals surface area contributed by atoms with Crippen LogP contribution in [0.5, 0.6) is 0 Å². The van der Waals surface area contributed by atoms with E-state index >= 15 is 0 Å². The Balaban J connectivity index is 0.759. The van der Waals surface area contributed by atoms with Crippen molar-refractivity contribution in [3.63, 3.8) is 0 Å². The van der Waals surface area contributed by atoms with Crippen LogP contribution < -0.4 is 9.80 Å². The van der Waals surface area contributed by atoms with E-state index in [4.69, 9.17) is 17.7 Å². The highest BCUT2D eigenvalue weighted by molar-refractivity contribution is 6.12. The van der Waals surface area contributed by atoms with Crippen molar-refractivity contribution in [3.8, 4) is 22.3 Å². The lowest BCUT2D eigenvalue weighted by molar-refractivity contribution is 0.660. The summed E-state index contributed by atoms with van der Waals surface area (Å²) in [5, 5.41) is 10.9. The highest BCUT2D eigenvalue weighted by Crippen LogP contribution is 2.55. The van der Waals surface area contributed by atoms with Gasteiger partial charge in [-0.05, 0) is 130 Å². The van der Waals surface area contributed by atoms with Crippen molar-refractivity contribution in [1.82, 2.24) is 0 Å². The van der Waals surface area contributed by atoms with E-state index in [0.717, 1.165) is 138 Å². The second kappa shape index (κ2) is 16.4. The lowest BCUT2D eigenvalue weighted by Gasteiger charge is -2.28. The van der Waals surface area contributed by atoms with Crippen molar-refractivity contribution in [1.29, 1.82) is 0 Å². The van der Waals surface area contributed by atoms with E-state index in [2.05, 4.69) is 242 Å². The summed E-state index contributed by atoms with van der Waals surface area (Å²) in [6.07, 6.45) is 0. The Kier molecular flexibility index (Phi) is 9.09. The number of para-hydroxylation sites is 2. The van der Waals surface area contributed by atoms with E-state index in [0.29, 0.717) is 0 Å². The van der Waals surface area contributed by atoms with Crippen LogP contribution in [-0.4, -0.2) is 0 Å². The van der Waals surface area contributed by atoms with Gasteiger partial charge in [-0.3, -0.25) is 0 Å².